The summed E-state index contributed by atoms with van der Waals surface area (Å²) in [5, 5.41) is 3.57. The molecule has 5 nitrogen and oxygen atoms in total. The largest absolute Gasteiger partial charge is 0.355 e. The molecule has 0 saturated carbocycles. The van der Waals surface area contributed by atoms with E-state index in [2.05, 4.69) is 15.3 Å². The number of aromatic amines is 1. The number of rotatable bonds is 7. The molecule has 2 aromatic carbocycles. The van der Waals surface area contributed by atoms with Crippen LogP contribution < -0.4 is 10.9 Å². The normalized spacial score (nSPS) is 10.8. The van der Waals surface area contributed by atoms with Crippen molar-refractivity contribution in [3.05, 3.63) is 69.6 Å². The first-order chi connectivity index (χ1) is 12.6. The van der Waals surface area contributed by atoms with Gasteiger partial charge in [0.05, 0.1) is 11.0 Å². The summed E-state index contributed by atoms with van der Waals surface area (Å²) in [5.74, 6) is 0.679. The topological polar surface area (TPSA) is 74.8 Å². The van der Waals surface area contributed by atoms with E-state index in [0.29, 0.717) is 29.2 Å². The Bertz CT molecular complexity index is 957. The van der Waals surface area contributed by atoms with Gasteiger partial charge < -0.3 is 10.3 Å². The predicted octanol–water partition coefficient (Wildman–Crippen LogP) is 3.42. The molecule has 26 heavy (non-hydrogen) atoms. The Kier molecular flexibility index (Phi) is 6.30. The summed E-state index contributed by atoms with van der Waals surface area (Å²) in [7, 11) is 0. The summed E-state index contributed by atoms with van der Waals surface area (Å²) >= 11 is 7.50. The number of nitrogens with zero attached hydrogens (tertiary/aromatic N) is 1. The van der Waals surface area contributed by atoms with Crippen LogP contribution in [0.15, 0.2) is 58.2 Å². The number of amides is 1. The number of aromatic nitrogens is 2. The maximum absolute atomic E-state index is 12.0. The van der Waals surface area contributed by atoms with Crippen molar-refractivity contribution in [2.45, 2.75) is 17.7 Å². The van der Waals surface area contributed by atoms with Gasteiger partial charge >= 0.3 is 0 Å². The molecule has 3 aromatic rings. The summed E-state index contributed by atoms with van der Waals surface area (Å²) in [6.07, 6.45) is 0.552. The molecule has 1 heterocycles. The number of fused-ring (bicyclic) bond motifs is 1. The van der Waals surface area contributed by atoms with Crippen LogP contribution in [-0.4, -0.2) is 28.2 Å². The fraction of sp³-hybridized carbons (Fsp3) is 0.211. The zero-order valence-electron chi connectivity index (χ0n) is 14.0. The number of para-hydroxylation sites is 2. The second-order valence-electron chi connectivity index (χ2n) is 5.68. The van der Waals surface area contributed by atoms with Crippen LogP contribution in [0.5, 0.6) is 0 Å². The molecular weight excluding hydrogens is 370 g/mol. The van der Waals surface area contributed by atoms with Crippen LogP contribution in [-0.2, 0) is 11.2 Å². The highest BCUT2D eigenvalue weighted by molar-refractivity contribution is 7.99. The first kappa shape index (κ1) is 18.5. The van der Waals surface area contributed by atoms with Gasteiger partial charge in [0.1, 0.15) is 5.69 Å². The van der Waals surface area contributed by atoms with E-state index in [-0.39, 0.29) is 17.9 Å². The van der Waals surface area contributed by atoms with Crippen LogP contribution in [0.3, 0.4) is 0 Å². The lowest BCUT2D eigenvalue weighted by atomic mass is 10.2. The molecule has 1 amide bonds. The average Bonchev–Trinajstić information content (AvgIpc) is 2.65. The number of carbonyl (C=O) groups excluding carboxylic acids is 1. The summed E-state index contributed by atoms with van der Waals surface area (Å²) in [6.45, 7) is 0.563. The Balaban J connectivity index is 1.44. The fourth-order valence-corrected chi connectivity index (χ4v) is 3.34. The van der Waals surface area contributed by atoms with Gasteiger partial charge in [-0.2, -0.15) is 0 Å². The van der Waals surface area contributed by atoms with Crippen LogP contribution in [0.25, 0.3) is 11.0 Å². The van der Waals surface area contributed by atoms with Crippen molar-refractivity contribution in [1.29, 1.82) is 0 Å². The summed E-state index contributed by atoms with van der Waals surface area (Å²) in [6, 6.07) is 14.9. The van der Waals surface area contributed by atoms with E-state index in [1.165, 1.54) is 0 Å². The van der Waals surface area contributed by atoms with Crippen LogP contribution in [0.1, 0.15) is 12.1 Å². The molecule has 0 fully saturated rings. The smallest absolute Gasteiger partial charge is 0.270 e. The number of H-pyrrole nitrogens is 1. The minimum absolute atomic E-state index is 0.0870. The minimum Gasteiger partial charge on any atom is -0.355 e. The highest BCUT2D eigenvalue weighted by atomic mass is 35.5. The highest BCUT2D eigenvalue weighted by Crippen LogP contribution is 2.19. The van der Waals surface area contributed by atoms with Crippen molar-refractivity contribution in [1.82, 2.24) is 15.3 Å². The van der Waals surface area contributed by atoms with E-state index in [1.54, 1.807) is 17.8 Å². The summed E-state index contributed by atoms with van der Waals surface area (Å²) in [5.41, 5.74) is 1.57. The predicted molar refractivity (Wildman–Crippen MR) is 106 cm³/mol. The second-order valence-corrected chi connectivity index (χ2v) is 7.29. The maximum Gasteiger partial charge on any atom is 0.270 e. The molecule has 0 unspecified atom stereocenters. The first-order valence-electron chi connectivity index (χ1n) is 8.25. The van der Waals surface area contributed by atoms with Crippen molar-refractivity contribution < 1.29 is 4.79 Å². The third-order valence-corrected chi connectivity index (χ3v) is 5.03. The van der Waals surface area contributed by atoms with Crippen molar-refractivity contribution in [3.8, 4) is 0 Å². The molecule has 2 N–H and O–H groups in total. The van der Waals surface area contributed by atoms with Crippen molar-refractivity contribution in [3.63, 3.8) is 0 Å². The Morgan fingerprint density at radius 3 is 2.73 bits per heavy atom. The highest BCUT2D eigenvalue weighted by Gasteiger charge is 2.08. The number of carbonyl (C=O) groups is 1. The van der Waals surface area contributed by atoms with Gasteiger partial charge in [-0.25, -0.2) is 4.98 Å². The summed E-state index contributed by atoms with van der Waals surface area (Å²) in [4.78, 5) is 32.2. The fourth-order valence-electron chi connectivity index (χ4n) is 2.45. The average molecular weight is 388 g/mol. The lowest BCUT2D eigenvalue weighted by molar-refractivity contribution is -0.120. The number of halogens is 1. The standard InChI is InChI=1S/C19H18ClN3O2S/c20-13-5-7-14(8-6-13)26-12-11-21-18(24)10-9-17-19(25)23-16-4-2-1-3-15(16)22-17/h1-8H,9-12H2,(H,21,24)(H,23,25). The SMILES string of the molecule is O=C(CCc1nc2ccccc2[nH]c1=O)NCCSc1ccc(Cl)cc1. The van der Waals surface area contributed by atoms with E-state index < -0.39 is 0 Å². The molecule has 3 rings (SSSR count). The Morgan fingerprint density at radius 1 is 1.15 bits per heavy atom. The van der Waals surface area contributed by atoms with Gasteiger partial charge in [0.2, 0.25) is 5.91 Å². The van der Waals surface area contributed by atoms with Crippen LogP contribution >= 0.6 is 23.4 Å². The van der Waals surface area contributed by atoms with Gasteiger partial charge in [0, 0.05) is 35.1 Å². The Labute approximate surface area is 160 Å². The number of thioether (sulfide) groups is 1. The lowest BCUT2D eigenvalue weighted by Crippen LogP contribution is -2.27. The van der Waals surface area contributed by atoms with E-state index in [4.69, 9.17) is 11.6 Å². The number of hydrogen-bond acceptors (Lipinski definition) is 4. The van der Waals surface area contributed by atoms with Gasteiger partial charge in [-0.3, -0.25) is 9.59 Å². The van der Waals surface area contributed by atoms with Crippen LogP contribution in [0.4, 0.5) is 0 Å². The number of benzene rings is 2. The van der Waals surface area contributed by atoms with E-state index >= 15 is 0 Å². The maximum atomic E-state index is 12.0. The molecule has 134 valence electrons. The molecule has 0 aliphatic rings. The van der Waals surface area contributed by atoms with Crippen LogP contribution in [0.2, 0.25) is 5.02 Å². The van der Waals surface area contributed by atoms with E-state index in [9.17, 15) is 9.59 Å². The monoisotopic (exact) mass is 387 g/mol. The van der Waals surface area contributed by atoms with Crippen molar-refractivity contribution in [2.75, 3.05) is 12.3 Å². The molecule has 0 radical (unpaired) electrons. The third kappa shape index (κ3) is 5.09. The van der Waals surface area contributed by atoms with E-state index in [1.807, 2.05) is 42.5 Å². The molecule has 0 spiro atoms. The molecule has 0 aliphatic heterocycles. The minimum atomic E-state index is -0.241. The number of nitrogens with one attached hydrogen (secondary N) is 2. The Morgan fingerprint density at radius 2 is 1.92 bits per heavy atom. The molecule has 0 saturated heterocycles. The van der Waals surface area contributed by atoms with Crippen molar-refractivity contribution >= 4 is 40.3 Å². The van der Waals surface area contributed by atoms with Gasteiger partial charge in [-0.1, -0.05) is 23.7 Å². The lowest BCUT2D eigenvalue weighted by Gasteiger charge is -2.06. The van der Waals surface area contributed by atoms with Gasteiger partial charge in [-0.15, -0.1) is 11.8 Å². The molecular formula is C19H18ClN3O2S. The van der Waals surface area contributed by atoms with Gasteiger partial charge in [0.25, 0.3) is 5.56 Å². The first-order valence-corrected chi connectivity index (χ1v) is 9.61. The molecule has 0 bridgehead atoms. The number of hydrogen-bond donors (Lipinski definition) is 2. The zero-order valence-corrected chi connectivity index (χ0v) is 15.6. The third-order valence-electron chi connectivity index (χ3n) is 3.77. The Hall–Kier alpha value is -2.31. The van der Waals surface area contributed by atoms with Crippen molar-refractivity contribution in [2.24, 2.45) is 0 Å². The quantitative estimate of drug-likeness (QED) is 0.481. The zero-order chi connectivity index (χ0) is 18.4. The van der Waals surface area contributed by atoms with Gasteiger partial charge in [0.15, 0.2) is 0 Å². The summed E-state index contributed by atoms with van der Waals surface area (Å²) < 4.78 is 0. The van der Waals surface area contributed by atoms with Gasteiger partial charge in [-0.05, 0) is 36.4 Å². The molecule has 0 aliphatic carbocycles. The molecule has 1 aromatic heterocycles. The van der Waals surface area contributed by atoms with Crippen LogP contribution in [0, 0.1) is 0 Å². The van der Waals surface area contributed by atoms with E-state index in [0.717, 1.165) is 16.2 Å². The second kappa shape index (κ2) is 8.87. The molecule has 0 atom stereocenters. The molecule has 7 heteroatoms. The number of aryl methyl sites for hydroxylation is 1.